The van der Waals surface area contributed by atoms with E-state index in [4.69, 9.17) is 19.8 Å². The highest BCUT2D eigenvalue weighted by molar-refractivity contribution is 6.56. The third-order valence-corrected chi connectivity index (χ3v) is 4.63. The standard InChI is InChI=1S/C19H29BFN3O4/c1-17(2,3)26-16(25)24-11-13(8-12-9-14(21)15(22)23-10-12)20-27-18(4,5)19(6,7)28-20/h8-10H,11H2,1-7H3,(H2,22,23)(H,24,25). The molecule has 0 bridgehead atoms. The molecule has 1 aliphatic rings. The van der Waals surface area contributed by atoms with Crippen LogP contribution in [0.5, 0.6) is 0 Å². The van der Waals surface area contributed by atoms with Gasteiger partial charge in [0.25, 0.3) is 0 Å². The normalized spacial score (nSPS) is 18.9. The second kappa shape index (κ2) is 7.71. The summed E-state index contributed by atoms with van der Waals surface area (Å²) in [5, 5.41) is 2.69. The Morgan fingerprint density at radius 3 is 2.39 bits per heavy atom. The number of aromatic nitrogens is 1. The van der Waals surface area contributed by atoms with Gasteiger partial charge in [-0.15, -0.1) is 0 Å². The van der Waals surface area contributed by atoms with Crippen molar-refractivity contribution in [2.24, 2.45) is 0 Å². The molecule has 2 rings (SSSR count). The van der Waals surface area contributed by atoms with Crippen molar-refractivity contribution in [1.82, 2.24) is 10.3 Å². The predicted molar refractivity (Wildman–Crippen MR) is 107 cm³/mol. The van der Waals surface area contributed by atoms with Gasteiger partial charge in [0.05, 0.1) is 11.2 Å². The van der Waals surface area contributed by atoms with Gasteiger partial charge in [-0.05, 0) is 65.6 Å². The van der Waals surface area contributed by atoms with Crippen LogP contribution < -0.4 is 11.1 Å². The van der Waals surface area contributed by atoms with Crippen molar-refractivity contribution in [2.75, 3.05) is 12.3 Å². The average molecular weight is 393 g/mol. The highest BCUT2D eigenvalue weighted by Gasteiger charge is 2.52. The van der Waals surface area contributed by atoms with Crippen LogP contribution in [0.3, 0.4) is 0 Å². The Kier molecular flexibility index (Phi) is 6.11. The van der Waals surface area contributed by atoms with Crippen molar-refractivity contribution < 1.29 is 23.2 Å². The molecule has 9 heteroatoms. The van der Waals surface area contributed by atoms with Gasteiger partial charge in [0.2, 0.25) is 0 Å². The van der Waals surface area contributed by atoms with E-state index in [0.717, 1.165) is 0 Å². The second-order valence-electron chi connectivity index (χ2n) is 8.80. The summed E-state index contributed by atoms with van der Waals surface area (Å²) in [7, 11) is -0.722. The van der Waals surface area contributed by atoms with Crippen LogP contribution in [0.15, 0.2) is 17.7 Å². The fourth-order valence-electron chi connectivity index (χ4n) is 2.44. The Morgan fingerprint density at radius 1 is 1.32 bits per heavy atom. The van der Waals surface area contributed by atoms with Crippen LogP contribution in [0, 0.1) is 5.82 Å². The molecule has 1 aliphatic heterocycles. The number of rotatable bonds is 4. The highest BCUT2D eigenvalue weighted by atomic mass is 19.1. The number of nitrogens with one attached hydrogen (secondary N) is 1. The first-order chi connectivity index (χ1) is 12.7. The fourth-order valence-corrected chi connectivity index (χ4v) is 2.44. The number of anilines is 1. The zero-order valence-corrected chi connectivity index (χ0v) is 17.6. The maximum Gasteiger partial charge on any atom is 0.492 e. The zero-order valence-electron chi connectivity index (χ0n) is 17.6. The van der Waals surface area contributed by atoms with Gasteiger partial charge in [-0.2, -0.15) is 0 Å². The average Bonchev–Trinajstić information content (AvgIpc) is 2.73. The Hall–Kier alpha value is -2.13. The van der Waals surface area contributed by atoms with E-state index in [-0.39, 0.29) is 12.4 Å². The topological polar surface area (TPSA) is 95.7 Å². The van der Waals surface area contributed by atoms with Crippen LogP contribution in [-0.4, -0.2) is 41.5 Å². The summed E-state index contributed by atoms with van der Waals surface area (Å²) in [5.41, 5.74) is 4.76. The summed E-state index contributed by atoms with van der Waals surface area (Å²) in [6.07, 6.45) is 2.53. The van der Waals surface area contributed by atoms with Crippen LogP contribution in [0.2, 0.25) is 0 Å². The number of amides is 1. The highest BCUT2D eigenvalue weighted by Crippen LogP contribution is 2.38. The van der Waals surface area contributed by atoms with E-state index in [1.807, 2.05) is 27.7 Å². The number of alkyl carbamates (subject to hydrolysis) is 1. The molecule has 1 saturated heterocycles. The van der Waals surface area contributed by atoms with Gasteiger partial charge in [0.15, 0.2) is 11.6 Å². The largest absolute Gasteiger partial charge is 0.492 e. The van der Waals surface area contributed by atoms with Crippen molar-refractivity contribution in [3.05, 3.63) is 29.1 Å². The van der Waals surface area contributed by atoms with E-state index < -0.39 is 35.8 Å². The van der Waals surface area contributed by atoms with Gasteiger partial charge in [-0.3, -0.25) is 0 Å². The van der Waals surface area contributed by atoms with E-state index in [2.05, 4.69) is 10.3 Å². The molecular formula is C19H29BFN3O4. The van der Waals surface area contributed by atoms with Crippen molar-refractivity contribution in [3.63, 3.8) is 0 Å². The molecule has 7 nitrogen and oxygen atoms in total. The Morgan fingerprint density at radius 2 is 1.89 bits per heavy atom. The van der Waals surface area contributed by atoms with Crippen LogP contribution in [0.1, 0.15) is 54.0 Å². The molecule has 0 aromatic carbocycles. The summed E-state index contributed by atoms with van der Waals surface area (Å²) >= 11 is 0. The molecule has 1 fully saturated rings. The van der Waals surface area contributed by atoms with E-state index >= 15 is 0 Å². The molecule has 0 saturated carbocycles. The van der Waals surface area contributed by atoms with E-state index in [1.54, 1.807) is 26.8 Å². The number of ether oxygens (including phenoxy) is 1. The van der Waals surface area contributed by atoms with Crippen molar-refractivity contribution in [3.8, 4) is 0 Å². The number of carbonyl (C=O) groups is 1. The van der Waals surface area contributed by atoms with Crippen LogP contribution in [0.25, 0.3) is 6.08 Å². The number of nitrogen functional groups attached to an aromatic ring is 1. The van der Waals surface area contributed by atoms with Crippen LogP contribution in [-0.2, 0) is 14.0 Å². The molecule has 0 unspecified atom stereocenters. The first-order valence-corrected chi connectivity index (χ1v) is 9.14. The lowest BCUT2D eigenvalue weighted by Crippen LogP contribution is -2.41. The first kappa shape index (κ1) is 22.2. The lowest BCUT2D eigenvalue weighted by Gasteiger charge is -2.32. The number of pyridine rings is 1. The molecule has 2 heterocycles. The van der Waals surface area contributed by atoms with E-state index in [0.29, 0.717) is 11.0 Å². The third kappa shape index (κ3) is 5.45. The van der Waals surface area contributed by atoms with Gasteiger partial charge in [0, 0.05) is 12.7 Å². The quantitative estimate of drug-likeness (QED) is 0.762. The van der Waals surface area contributed by atoms with Gasteiger partial charge >= 0.3 is 13.2 Å². The summed E-state index contributed by atoms with van der Waals surface area (Å²) in [6, 6.07) is 1.26. The van der Waals surface area contributed by atoms with Gasteiger partial charge in [-0.1, -0.05) is 6.08 Å². The van der Waals surface area contributed by atoms with E-state index in [9.17, 15) is 9.18 Å². The fraction of sp³-hybridized carbons (Fsp3) is 0.579. The number of hydrogen-bond acceptors (Lipinski definition) is 6. The molecule has 0 radical (unpaired) electrons. The molecule has 1 amide bonds. The first-order valence-electron chi connectivity index (χ1n) is 9.14. The molecule has 1 aromatic rings. The molecule has 0 aliphatic carbocycles. The summed E-state index contributed by atoms with van der Waals surface area (Å²) < 4.78 is 31.2. The number of nitrogens with zero attached hydrogens (tertiary/aromatic N) is 1. The minimum atomic E-state index is -0.722. The van der Waals surface area contributed by atoms with Crippen molar-refractivity contribution in [1.29, 1.82) is 0 Å². The summed E-state index contributed by atoms with van der Waals surface area (Å²) in [4.78, 5) is 15.9. The van der Waals surface area contributed by atoms with Crippen LogP contribution in [0.4, 0.5) is 15.0 Å². The zero-order chi connectivity index (χ0) is 21.3. The third-order valence-electron chi connectivity index (χ3n) is 4.63. The molecule has 28 heavy (non-hydrogen) atoms. The van der Waals surface area contributed by atoms with Crippen molar-refractivity contribution in [2.45, 2.75) is 65.3 Å². The lowest BCUT2D eigenvalue weighted by atomic mass is 9.77. The predicted octanol–water partition coefficient (Wildman–Crippen LogP) is 3.34. The lowest BCUT2D eigenvalue weighted by molar-refractivity contribution is 0.00578. The molecule has 3 N–H and O–H groups in total. The van der Waals surface area contributed by atoms with Gasteiger partial charge < -0.3 is 25.1 Å². The Labute approximate surface area is 166 Å². The minimum absolute atomic E-state index is 0.0950. The minimum Gasteiger partial charge on any atom is -0.444 e. The van der Waals surface area contributed by atoms with E-state index in [1.165, 1.54) is 12.3 Å². The number of nitrogens with two attached hydrogens (primary N) is 1. The second-order valence-corrected chi connectivity index (χ2v) is 8.80. The SMILES string of the molecule is CC(C)(C)OC(=O)NCC(=Cc1cnc(N)c(F)c1)B1OC(C)(C)C(C)(C)O1. The Balaban J connectivity index is 2.27. The summed E-state index contributed by atoms with van der Waals surface area (Å²) in [6.45, 7) is 13.1. The summed E-state index contributed by atoms with van der Waals surface area (Å²) in [5.74, 6) is -0.802. The molecule has 0 atom stereocenters. The molecule has 154 valence electrons. The number of halogens is 1. The van der Waals surface area contributed by atoms with Crippen molar-refractivity contribution >= 4 is 25.1 Å². The molecule has 1 aromatic heterocycles. The maximum absolute atomic E-state index is 13.8. The molecular weight excluding hydrogens is 364 g/mol. The van der Waals surface area contributed by atoms with Gasteiger partial charge in [-0.25, -0.2) is 14.2 Å². The monoisotopic (exact) mass is 393 g/mol. The maximum atomic E-state index is 13.8. The smallest absolute Gasteiger partial charge is 0.444 e. The van der Waals surface area contributed by atoms with Crippen LogP contribution >= 0.6 is 0 Å². The molecule has 0 spiro atoms. The number of carbonyl (C=O) groups excluding carboxylic acids is 1. The number of hydrogen-bond donors (Lipinski definition) is 2. The van der Waals surface area contributed by atoms with Gasteiger partial charge in [0.1, 0.15) is 5.60 Å². The Bertz CT molecular complexity index is 759.